The molecule has 2 saturated heterocycles. The van der Waals surface area contributed by atoms with Crippen molar-refractivity contribution in [2.24, 2.45) is 5.92 Å². The minimum absolute atomic E-state index is 0.0322. The van der Waals surface area contributed by atoms with Gasteiger partial charge in [-0.3, -0.25) is 4.79 Å². The number of hydrogen-bond donors (Lipinski definition) is 2. The number of likely N-dealkylation sites (tertiary alicyclic amines) is 2. The maximum Gasteiger partial charge on any atom is 0.224 e. The number of aliphatic hydroxyl groups excluding tert-OH is 1. The summed E-state index contributed by atoms with van der Waals surface area (Å²) >= 11 is 5.99. The Bertz CT molecular complexity index is 1030. The fraction of sp³-hybridized carbons (Fsp3) is 0.536. The molecular formula is C28H36ClN3O4. The quantitative estimate of drug-likeness (QED) is 0.536. The molecule has 0 unspecified atom stereocenters. The van der Waals surface area contributed by atoms with Crippen LogP contribution in [-0.4, -0.2) is 79.3 Å². The molecule has 3 aliphatic rings. The van der Waals surface area contributed by atoms with E-state index in [9.17, 15) is 9.90 Å². The molecule has 36 heavy (non-hydrogen) atoms. The first-order valence-electron chi connectivity index (χ1n) is 13.1. The van der Waals surface area contributed by atoms with Crippen LogP contribution in [0, 0.1) is 5.92 Å². The topological polar surface area (TPSA) is 74.3 Å². The third-order valence-corrected chi connectivity index (χ3v) is 7.80. The van der Waals surface area contributed by atoms with Crippen molar-refractivity contribution in [3.8, 4) is 11.5 Å². The van der Waals surface area contributed by atoms with Crippen LogP contribution in [0.5, 0.6) is 11.5 Å². The summed E-state index contributed by atoms with van der Waals surface area (Å²) in [6.45, 7) is 6.24. The number of amides is 1. The van der Waals surface area contributed by atoms with Crippen LogP contribution >= 0.6 is 11.6 Å². The first-order valence-corrected chi connectivity index (χ1v) is 13.5. The van der Waals surface area contributed by atoms with Crippen molar-refractivity contribution in [2.75, 3.05) is 52.5 Å². The Labute approximate surface area is 218 Å². The Morgan fingerprint density at radius 1 is 1.03 bits per heavy atom. The molecule has 8 heteroatoms. The summed E-state index contributed by atoms with van der Waals surface area (Å²) in [6.07, 6.45) is 3.26. The normalized spacial score (nSPS) is 21.9. The van der Waals surface area contributed by atoms with Crippen LogP contribution in [0.25, 0.3) is 0 Å². The molecule has 7 nitrogen and oxygen atoms in total. The third kappa shape index (κ3) is 6.32. The Hall–Kier alpha value is -2.32. The van der Waals surface area contributed by atoms with Gasteiger partial charge in [0.1, 0.15) is 19.3 Å². The van der Waals surface area contributed by atoms with Gasteiger partial charge in [-0.05, 0) is 80.7 Å². The van der Waals surface area contributed by atoms with E-state index in [1.54, 1.807) is 0 Å². The fourth-order valence-electron chi connectivity index (χ4n) is 5.43. The summed E-state index contributed by atoms with van der Waals surface area (Å²) < 4.78 is 11.3. The summed E-state index contributed by atoms with van der Waals surface area (Å²) in [5.41, 5.74) is 1.99. The molecule has 2 aromatic carbocycles. The van der Waals surface area contributed by atoms with E-state index in [2.05, 4.69) is 27.2 Å². The second kappa shape index (κ2) is 11.8. The molecule has 3 aliphatic heterocycles. The number of halogens is 1. The largest absolute Gasteiger partial charge is 0.486 e. The monoisotopic (exact) mass is 513 g/mol. The van der Waals surface area contributed by atoms with Crippen LogP contribution in [0.4, 0.5) is 0 Å². The number of benzene rings is 2. The SMILES string of the molecule is O=C(N[C@H](CN1CCCC1)[C@H](O)c1ccc2c(c1)OCCO2)[C@@H]1CCN(CCc2ccc(Cl)cc2)C1. The number of carbonyl (C=O) groups excluding carboxylic acids is 1. The van der Waals surface area contributed by atoms with Crippen LogP contribution in [0.1, 0.15) is 36.5 Å². The Morgan fingerprint density at radius 3 is 2.56 bits per heavy atom. The van der Waals surface area contributed by atoms with Crippen molar-refractivity contribution in [3.05, 3.63) is 58.6 Å². The van der Waals surface area contributed by atoms with E-state index in [0.717, 1.165) is 69.0 Å². The van der Waals surface area contributed by atoms with Gasteiger partial charge >= 0.3 is 0 Å². The maximum atomic E-state index is 13.3. The van der Waals surface area contributed by atoms with Gasteiger partial charge in [-0.15, -0.1) is 0 Å². The van der Waals surface area contributed by atoms with Crippen molar-refractivity contribution in [3.63, 3.8) is 0 Å². The summed E-state index contributed by atoms with van der Waals surface area (Å²) in [5.74, 6) is 1.31. The maximum absolute atomic E-state index is 13.3. The lowest BCUT2D eigenvalue weighted by Crippen LogP contribution is -2.48. The van der Waals surface area contributed by atoms with Crippen molar-refractivity contribution < 1.29 is 19.4 Å². The van der Waals surface area contributed by atoms with Gasteiger partial charge < -0.3 is 29.7 Å². The molecule has 2 fully saturated rings. The van der Waals surface area contributed by atoms with Gasteiger partial charge in [0.05, 0.1) is 12.0 Å². The van der Waals surface area contributed by atoms with E-state index < -0.39 is 6.10 Å². The lowest BCUT2D eigenvalue weighted by atomic mass is 9.99. The van der Waals surface area contributed by atoms with E-state index in [4.69, 9.17) is 21.1 Å². The molecule has 0 saturated carbocycles. The van der Waals surface area contributed by atoms with Crippen molar-refractivity contribution >= 4 is 17.5 Å². The van der Waals surface area contributed by atoms with Gasteiger partial charge in [-0.25, -0.2) is 0 Å². The van der Waals surface area contributed by atoms with Gasteiger partial charge in [0.2, 0.25) is 5.91 Å². The van der Waals surface area contributed by atoms with Gasteiger partial charge in [0.25, 0.3) is 0 Å². The third-order valence-electron chi connectivity index (χ3n) is 7.54. The summed E-state index contributed by atoms with van der Waals surface area (Å²) in [5, 5.41) is 15.3. The van der Waals surface area contributed by atoms with Gasteiger partial charge in [0, 0.05) is 24.7 Å². The number of nitrogens with one attached hydrogen (secondary N) is 1. The molecule has 0 aromatic heterocycles. The lowest BCUT2D eigenvalue weighted by molar-refractivity contribution is -0.126. The van der Waals surface area contributed by atoms with Crippen LogP contribution in [0.3, 0.4) is 0 Å². The highest BCUT2D eigenvalue weighted by atomic mass is 35.5. The number of fused-ring (bicyclic) bond motifs is 1. The van der Waals surface area contributed by atoms with Gasteiger partial charge in [-0.2, -0.15) is 0 Å². The predicted molar refractivity (Wildman–Crippen MR) is 140 cm³/mol. The lowest BCUT2D eigenvalue weighted by Gasteiger charge is -2.30. The fourth-order valence-corrected chi connectivity index (χ4v) is 5.56. The number of rotatable bonds is 9. The van der Waals surface area contributed by atoms with Crippen LogP contribution in [-0.2, 0) is 11.2 Å². The number of ether oxygens (including phenoxy) is 2. The molecule has 0 spiro atoms. The van der Waals surface area contributed by atoms with Crippen molar-refractivity contribution in [1.29, 1.82) is 0 Å². The molecular weight excluding hydrogens is 478 g/mol. The van der Waals surface area contributed by atoms with E-state index in [1.165, 1.54) is 5.56 Å². The molecule has 2 N–H and O–H groups in total. The van der Waals surface area contributed by atoms with Gasteiger partial charge in [-0.1, -0.05) is 29.8 Å². The first kappa shape index (κ1) is 25.3. The van der Waals surface area contributed by atoms with Crippen molar-refractivity contribution in [2.45, 2.75) is 37.8 Å². The average molecular weight is 514 g/mol. The van der Waals surface area contributed by atoms with Crippen LogP contribution in [0.2, 0.25) is 5.02 Å². The molecule has 0 aliphatic carbocycles. The predicted octanol–water partition coefficient (Wildman–Crippen LogP) is 3.29. The summed E-state index contributed by atoms with van der Waals surface area (Å²) in [4.78, 5) is 18.0. The number of hydrogen-bond acceptors (Lipinski definition) is 6. The molecule has 3 heterocycles. The summed E-state index contributed by atoms with van der Waals surface area (Å²) in [7, 11) is 0. The molecule has 5 rings (SSSR count). The highest BCUT2D eigenvalue weighted by molar-refractivity contribution is 6.30. The molecule has 194 valence electrons. The molecule has 0 radical (unpaired) electrons. The zero-order valence-corrected chi connectivity index (χ0v) is 21.5. The number of nitrogens with zero attached hydrogens (tertiary/aromatic N) is 2. The second-order valence-electron chi connectivity index (χ2n) is 10.1. The number of aliphatic hydroxyl groups is 1. The molecule has 0 bridgehead atoms. The first-order chi connectivity index (χ1) is 17.5. The van der Waals surface area contributed by atoms with Crippen molar-refractivity contribution in [1.82, 2.24) is 15.1 Å². The van der Waals surface area contributed by atoms with Crippen LogP contribution in [0.15, 0.2) is 42.5 Å². The highest BCUT2D eigenvalue weighted by Gasteiger charge is 2.33. The zero-order valence-electron chi connectivity index (χ0n) is 20.7. The van der Waals surface area contributed by atoms with E-state index in [-0.39, 0.29) is 17.9 Å². The minimum Gasteiger partial charge on any atom is -0.486 e. The van der Waals surface area contributed by atoms with E-state index in [0.29, 0.717) is 31.3 Å². The standard InChI is InChI=1S/C28H36ClN3O4/c29-23-6-3-20(4-7-23)9-13-32-14-10-22(18-32)28(34)30-24(19-31-11-1-2-12-31)27(33)21-5-8-25-26(17-21)36-16-15-35-25/h3-8,17,22,24,27,33H,1-2,9-16,18-19H2,(H,30,34)/t22-,24-,27-/m1/s1. The van der Waals surface area contributed by atoms with E-state index in [1.807, 2.05) is 30.3 Å². The zero-order chi connectivity index (χ0) is 24.9. The smallest absolute Gasteiger partial charge is 0.224 e. The molecule has 1 amide bonds. The highest BCUT2D eigenvalue weighted by Crippen LogP contribution is 2.33. The van der Waals surface area contributed by atoms with Crippen LogP contribution < -0.4 is 14.8 Å². The Kier molecular flexibility index (Phi) is 8.32. The molecule has 3 atom stereocenters. The van der Waals surface area contributed by atoms with Gasteiger partial charge in [0.15, 0.2) is 11.5 Å². The second-order valence-corrected chi connectivity index (χ2v) is 10.6. The molecule has 2 aromatic rings. The Balaban J connectivity index is 1.20. The summed E-state index contributed by atoms with van der Waals surface area (Å²) in [6, 6.07) is 13.1. The average Bonchev–Trinajstić information content (AvgIpc) is 3.60. The van der Waals surface area contributed by atoms with E-state index >= 15 is 0 Å². The Morgan fingerprint density at radius 2 is 1.78 bits per heavy atom. The minimum atomic E-state index is -0.826. The number of carbonyl (C=O) groups is 1.